The molecule has 0 aromatic heterocycles. The van der Waals surface area contributed by atoms with E-state index in [0.29, 0.717) is 37.4 Å². The zero-order valence-electron chi connectivity index (χ0n) is 15.3. The Morgan fingerprint density at radius 1 is 1.12 bits per heavy atom. The van der Waals surface area contributed by atoms with Crippen molar-refractivity contribution in [3.63, 3.8) is 0 Å². The van der Waals surface area contributed by atoms with Crippen molar-refractivity contribution >= 4 is 17.6 Å². The Hall–Kier alpha value is -2.41. The van der Waals surface area contributed by atoms with Crippen LogP contribution in [-0.4, -0.2) is 84.7 Å². The summed E-state index contributed by atoms with van der Waals surface area (Å²) < 4.78 is 5.56. The molecule has 2 saturated heterocycles. The molecule has 140 valence electrons. The van der Waals surface area contributed by atoms with Crippen LogP contribution in [0.25, 0.3) is 0 Å². The molecule has 3 rings (SSSR count). The third-order valence-electron chi connectivity index (χ3n) is 5.09. The second-order valence-corrected chi connectivity index (χ2v) is 6.74. The van der Waals surface area contributed by atoms with E-state index in [1.54, 1.807) is 41.1 Å². The highest BCUT2D eigenvalue weighted by molar-refractivity contribution is 5.95. The number of ether oxygens (including phenoxy) is 1. The number of piperazine rings is 2. The maximum Gasteiger partial charge on any atom is 0.260 e. The normalized spacial score (nSPS) is 20.7. The van der Waals surface area contributed by atoms with Crippen molar-refractivity contribution in [1.82, 2.24) is 14.7 Å². The Morgan fingerprint density at radius 3 is 2.50 bits per heavy atom. The number of nitrogens with zero attached hydrogens (tertiary/aromatic N) is 3. The molecule has 0 bridgehead atoms. The molecule has 2 aliphatic heterocycles. The summed E-state index contributed by atoms with van der Waals surface area (Å²) in [5.41, 5.74) is 0.641. The SMILES string of the molecule is CCC(=O)c1ccc(OCC(=O)N2CCN3CCN(C)C(=O)C3C2)cc1. The molecule has 26 heavy (non-hydrogen) atoms. The van der Waals surface area contributed by atoms with Crippen LogP contribution in [-0.2, 0) is 9.59 Å². The van der Waals surface area contributed by atoms with E-state index < -0.39 is 0 Å². The fourth-order valence-corrected chi connectivity index (χ4v) is 3.37. The minimum Gasteiger partial charge on any atom is -0.484 e. The molecule has 2 amide bonds. The van der Waals surface area contributed by atoms with Gasteiger partial charge in [0, 0.05) is 51.8 Å². The molecular formula is C19H25N3O4. The molecule has 0 aliphatic carbocycles. The van der Waals surface area contributed by atoms with Gasteiger partial charge in [-0.1, -0.05) is 6.92 Å². The number of hydrogen-bond acceptors (Lipinski definition) is 5. The van der Waals surface area contributed by atoms with Gasteiger partial charge in [-0.05, 0) is 24.3 Å². The lowest BCUT2D eigenvalue weighted by Crippen LogP contribution is -2.64. The summed E-state index contributed by atoms with van der Waals surface area (Å²) in [6.45, 7) is 5.08. The van der Waals surface area contributed by atoms with Crippen LogP contribution in [0.1, 0.15) is 23.7 Å². The Balaban J connectivity index is 1.53. The zero-order valence-corrected chi connectivity index (χ0v) is 15.3. The van der Waals surface area contributed by atoms with Gasteiger partial charge in [0.25, 0.3) is 5.91 Å². The van der Waals surface area contributed by atoms with E-state index in [4.69, 9.17) is 4.74 Å². The predicted octanol–water partition coefficient (Wildman–Crippen LogP) is 0.643. The van der Waals surface area contributed by atoms with E-state index in [9.17, 15) is 14.4 Å². The third kappa shape index (κ3) is 3.88. The van der Waals surface area contributed by atoms with Gasteiger partial charge in [-0.2, -0.15) is 0 Å². The van der Waals surface area contributed by atoms with Gasteiger partial charge in [-0.3, -0.25) is 19.3 Å². The molecule has 1 aromatic rings. The van der Waals surface area contributed by atoms with E-state index in [0.717, 1.165) is 13.1 Å². The molecule has 2 aliphatic rings. The lowest BCUT2D eigenvalue weighted by Gasteiger charge is -2.45. The van der Waals surface area contributed by atoms with Crippen molar-refractivity contribution in [3.05, 3.63) is 29.8 Å². The molecule has 0 N–H and O–H groups in total. The average molecular weight is 359 g/mol. The van der Waals surface area contributed by atoms with Crippen LogP contribution >= 0.6 is 0 Å². The average Bonchev–Trinajstić information content (AvgIpc) is 2.68. The molecule has 0 spiro atoms. The van der Waals surface area contributed by atoms with Crippen LogP contribution in [0.4, 0.5) is 0 Å². The van der Waals surface area contributed by atoms with Gasteiger partial charge in [0.1, 0.15) is 11.8 Å². The largest absolute Gasteiger partial charge is 0.484 e. The molecular weight excluding hydrogens is 334 g/mol. The summed E-state index contributed by atoms with van der Waals surface area (Å²) in [6.07, 6.45) is 0.458. The molecule has 0 saturated carbocycles. The van der Waals surface area contributed by atoms with Crippen molar-refractivity contribution in [1.29, 1.82) is 0 Å². The summed E-state index contributed by atoms with van der Waals surface area (Å²) >= 11 is 0. The Morgan fingerprint density at radius 2 is 1.81 bits per heavy atom. The third-order valence-corrected chi connectivity index (χ3v) is 5.09. The quantitative estimate of drug-likeness (QED) is 0.722. The van der Waals surface area contributed by atoms with Crippen LogP contribution in [0.5, 0.6) is 5.75 Å². The van der Waals surface area contributed by atoms with Crippen molar-refractivity contribution in [2.24, 2.45) is 0 Å². The number of fused-ring (bicyclic) bond motifs is 1. The van der Waals surface area contributed by atoms with Crippen LogP contribution in [0.2, 0.25) is 0 Å². The second-order valence-electron chi connectivity index (χ2n) is 6.74. The minimum absolute atomic E-state index is 0.0716. The zero-order chi connectivity index (χ0) is 18.7. The van der Waals surface area contributed by atoms with Gasteiger partial charge in [-0.25, -0.2) is 0 Å². The van der Waals surface area contributed by atoms with Gasteiger partial charge in [-0.15, -0.1) is 0 Å². The standard InChI is InChI=1S/C19H25N3O4/c1-3-17(23)14-4-6-15(7-5-14)26-13-18(24)22-11-10-21-9-8-20(2)19(25)16(21)12-22/h4-7,16H,3,8-13H2,1-2H3. The molecule has 1 unspecified atom stereocenters. The first-order chi connectivity index (χ1) is 12.5. The van der Waals surface area contributed by atoms with Crippen LogP contribution in [0, 0.1) is 0 Å². The van der Waals surface area contributed by atoms with Crippen LogP contribution < -0.4 is 4.74 Å². The number of carbonyl (C=O) groups excluding carboxylic acids is 3. The maximum atomic E-state index is 12.5. The molecule has 2 heterocycles. The van der Waals surface area contributed by atoms with Gasteiger partial charge in [0.2, 0.25) is 5.91 Å². The molecule has 1 aromatic carbocycles. The second kappa shape index (κ2) is 7.86. The Labute approximate surface area is 153 Å². The van der Waals surface area contributed by atoms with Crippen molar-refractivity contribution in [2.75, 3.05) is 46.4 Å². The van der Waals surface area contributed by atoms with E-state index in [-0.39, 0.29) is 30.2 Å². The lowest BCUT2D eigenvalue weighted by molar-refractivity contribution is -0.148. The molecule has 1 atom stereocenters. The predicted molar refractivity (Wildman–Crippen MR) is 96.1 cm³/mol. The first kappa shape index (κ1) is 18.4. The highest BCUT2D eigenvalue weighted by Gasteiger charge is 2.38. The number of amides is 2. The smallest absolute Gasteiger partial charge is 0.260 e. The topological polar surface area (TPSA) is 70.2 Å². The molecule has 2 fully saturated rings. The summed E-state index contributed by atoms with van der Waals surface area (Å²) in [5.74, 6) is 0.580. The van der Waals surface area contributed by atoms with E-state index >= 15 is 0 Å². The number of hydrogen-bond donors (Lipinski definition) is 0. The maximum absolute atomic E-state index is 12.5. The van der Waals surface area contributed by atoms with Crippen LogP contribution in [0.15, 0.2) is 24.3 Å². The Bertz CT molecular complexity index is 689. The first-order valence-corrected chi connectivity index (χ1v) is 9.02. The highest BCUT2D eigenvalue weighted by atomic mass is 16.5. The number of carbonyl (C=O) groups is 3. The fraction of sp³-hybridized carbons (Fsp3) is 0.526. The lowest BCUT2D eigenvalue weighted by atomic mass is 10.1. The van der Waals surface area contributed by atoms with Gasteiger partial charge in [0.05, 0.1) is 0 Å². The fourth-order valence-electron chi connectivity index (χ4n) is 3.37. The molecule has 7 heteroatoms. The van der Waals surface area contributed by atoms with Crippen molar-refractivity contribution < 1.29 is 19.1 Å². The highest BCUT2D eigenvalue weighted by Crippen LogP contribution is 2.17. The summed E-state index contributed by atoms with van der Waals surface area (Å²) in [5, 5.41) is 0. The first-order valence-electron chi connectivity index (χ1n) is 9.02. The number of rotatable bonds is 5. The number of Topliss-reactive ketones (excluding diaryl/α,β-unsaturated/α-hetero) is 1. The monoisotopic (exact) mass is 359 g/mol. The number of benzene rings is 1. The summed E-state index contributed by atoms with van der Waals surface area (Å²) in [7, 11) is 1.80. The van der Waals surface area contributed by atoms with Gasteiger partial charge in [0.15, 0.2) is 12.4 Å². The van der Waals surface area contributed by atoms with Crippen molar-refractivity contribution in [2.45, 2.75) is 19.4 Å². The summed E-state index contributed by atoms with van der Waals surface area (Å²) in [4.78, 5) is 42.0. The molecule has 7 nitrogen and oxygen atoms in total. The number of ketones is 1. The number of likely N-dealkylation sites (N-methyl/N-ethyl adjacent to an activating group) is 1. The van der Waals surface area contributed by atoms with E-state index in [2.05, 4.69) is 4.90 Å². The Kier molecular flexibility index (Phi) is 5.56. The molecule has 0 radical (unpaired) electrons. The van der Waals surface area contributed by atoms with Crippen molar-refractivity contribution in [3.8, 4) is 5.75 Å². The van der Waals surface area contributed by atoms with E-state index in [1.807, 2.05) is 6.92 Å². The van der Waals surface area contributed by atoms with Gasteiger partial charge >= 0.3 is 0 Å². The summed E-state index contributed by atoms with van der Waals surface area (Å²) in [6, 6.07) is 6.58. The van der Waals surface area contributed by atoms with E-state index in [1.165, 1.54) is 0 Å². The van der Waals surface area contributed by atoms with Gasteiger partial charge < -0.3 is 14.5 Å². The van der Waals surface area contributed by atoms with Crippen LogP contribution in [0.3, 0.4) is 0 Å². The minimum atomic E-state index is -0.245.